The monoisotopic (exact) mass is 396 g/mol. The van der Waals surface area contributed by atoms with Gasteiger partial charge >= 0.3 is 5.97 Å². The summed E-state index contributed by atoms with van der Waals surface area (Å²) in [7, 11) is 1.83. The molecular weight excluding hydrogens is 372 g/mol. The van der Waals surface area contributed by atoms with Crippen molar-refractivity contribution < 1.29 is 14.7 Å². The maximum Gasteiger partial charge on any atom is 0.303 e. The number of piperidine rings is 1. The zero-order valence-corrected chi connectivity index (χ0v) is 15.7. The summed E-state index contributed by atoms with van der Waals surface area (Å²) in [5.74, 6) is -0.253. The molecule has 2 rings (SSSR count). The minimum atomic E-state index is -0.739. The van der Waals surface area contributed by atoms with Gasteiger partial charge in [0.15, 0.2) is 0 Å². The van der Waals surface area contributed by atoms with Crippen molar-refractivity contribution in [1.29, 1.82) is 0 Å². The summed E-state index contributed by atoms with van der Waals surface area (Å²) in [6.45, 7) is 2.72. The van der Waals surface area contributed by atoms with Gasteiger partial charge < -0.3 is 10.0 Å². The van der Waals surface area contributed by atoms with Crippen molar-refractivity contribution in [2.45, 2.75) is 32.2 Å². The van der Waals surface area contributed by atoms with E-state index in [1.165, 1.54) is 0 Å². The van der Waals surface area contributed by atoms with Gasteiger partial charge in [-0.2, -0.15) is 0 Å². The van der Waals surface area contributed by atoms with Gasteiger partial charge in [0.1, 0.15) is 0 Å². The first kappa shape index (κ1) is 18.9. The first-order valence-electron chi connectivity index (χ1n) is 8.37. The molecule has 1 atom stereocenters. The normalized spacial score (nSPS) is 18.3. The molecule has 0 radical (unpaired) electrons. The molecule has 0 aliphatic carbocycles. The van der Waals surface area contributed by atoms with Gasteiger partial charge in [0.2, 0.25) is 5.91 Å². The second kappa shape index (κ2) is 9.18. The van der Waals surface area contributed by atoms with Crippen LogP contribution < -0.4 is 0 Å². The Labute approximate surface area is 151 Å². The fourth-order valence-corrected chi connectivity index (χ4v) is 3.55. The molecule has 24 heavy (non-hydrogen) atoms. The van der Waals surface area contributed by atoms with Crippen LogP contribution in [0.3, 0.4) is 0 Å². The van der Waals surface area contributed by atoms with Crippen molar-refractivity contribution in [1.82, 2.24) is 9.80 Å². The number of carbonyl (C=O) groups is 2. The molecular formula is C18H25BrN2O3. The topological polar surface area (TPSA) is 60.9 Å². The fourth-order valence-electron chi connectivity index (χ4n) is 3.14. The maximum atomic E-state index is 12.5. The molecule has 132 valence electrons. The zero-order chi connectivity index (χ0) is 17.5. The lowest BCUT2D eigenvalue weighted by atomic mass is 9.93. The number of aliphatic carboxylic acids is 1. The van der Waals surface area contributed by atoms with Gasteiger partial charge in [-0.3, -0.25) is 14.5 Å². The number of likely N-dealkylation sites (N-methyl/N-ethyl adjacent to an activating group) is 1. The highest BCUT2D eigenvalue weighted by Crippen LogP contribution is 2.21. The number of carboxylic acid groups (broad SMARTS) is 1. The SMILES string of the molecule is CN(Cc1ccccc1Br)C(=O)CN1CCCC(CCC(=O)O)C1. The quantitative estimate of drug-likeness (QED) is 0.769. The van der Waals surface area contributed by atoms with Crippen molar-refractivity contribution in [3.05, 3.63) is 34.3 Å². The summed E-state index contributed by atoms with van der Waals surface area (Å²) in [6, 6.07) is 7.92. The number of likely N-dealkylation sites (tertiary alicyclic amines) is 1. The number of amides is 1. The average Bonchev–Trinajstić information content (AvgIpc) is 2.55. The molecule has 1 fully saturated rings. The number of carbonyl (C=O) groups excluding carboxylic acids is 1. The molecule has 6 heteroatoms. The number of rotatable bonds is 7. The van der Waals surface area contributed by atoms with Crippen molar-refractivity contribution in [3.63, 3.8) is 0 Å². The second-order valence-corrected chi connectivity index (χ2v) is 7.37. The summed E-state index contributed by atoms with van der Waals surface area (Å²) in [4.78, 5) is 27.1. The van der Waals surface area contributed by atoms with Crippen molar-refractivity contribution in [2.24, 2.45) is 5.92 Å². The fraction of sp³-hybridized carbons (Fsp3) is 0.556. The number of nitrogens with zero attached hydrogens (tertiary/aromatic N) is 2. The van der Waals surface area contributed by atoms with E-state index < -0.39 is 5.97 Å². The Morgan fingerprint density at radius 1 is 1.38 bits per heavy atom. The third-order valence-electron chi connectivity index (χ3n) is 4.52. The maximum absolute atomic E-state index is 12.5. The van der Waals surface area contributed by atoms with E-state index in [9.17, 15) is 9.59 Å². The van der Waals surface area contributed by atoms with Crippen LogP contribution in [0.4, 0.5) is 0 Å². The first-order chi connectivity index (χ1) is 11.5. The molecule has 1 amide bonds. The number of hydrogen-bond acceptors (Lipinski definition) is 3. The van der Waals surface area contributed by atoms with E-state index in [1.54, 1.807) is 4.90 Å². The molecule has 1 saturated heterocycles. The van der Waals surface area contributed by atoms with Crippen LogP contribution in [0.2, 0.25) is 0 Å². The van der Waals surface area contributed by atoms with E-state index in [-0.39, 0.29) is 12.3 Å². The minimum Gasteiger partial charge on any atom is -0.481 e. The number of hydrogen-bond donors (Lipinski definition) is 1. The first-order valence-corrected chi connectivity index (χ1v) is 9.16. The molecule has 0 aromatic heterocycles. The molecule has 1 aliphatic rings. The lowest BCUT2D eigenvalue weighted by molar-refractivity contribution is -0.137. The van der Waals surface area contributed by atoms with Gasteiger partial charge in [0, 0.05) is 31.0 Å². The molecule has 1 heterocycles. The summed E-state index contributed by atoms with van der Waals surface area (Å²) < 4.78 is 1.01. The lowest BCUT2D eigenvalue weighted by Crippen LogP contribution is -2.43. The Kier molecular flexibility index (Phi) is 7.24. The van der Waals surface area contributed by atoms with Crippen LogP contribution in [0.1, 0.15) is 31.2 Å². The molecule has 1 N–H and O–H groups in total. The summed E-state index contributed by atoms with van der Waals surface area (Å²) in [5.41, 5.74) is 1.09. The van der Waals surface area contributed by atoms with Crippen LogP contribution in [-0.2, 0) is 16.1 Å². The van der Waals surface area contributed by atoms with Crippen LogP contribution in [0.25, 0.3) is 0 Å². The van der Waals surface area contributed by atoms with Crippen LogP contribution in [0.5, 0.6) is 0 Å². The molecule has 1 aromatic carbocycles. The van der Waals surface area contributed by atoms with Gasteiger partial charge in [-0.15, -0.1) is 0 Å². The molecule has 1 aliphatic heterocycles. The molecule has 0 bridgehead atoms. The van der Waals surface area contributed by atoms with Gasteiger partial charge in [0.25, 0.3) is 0 Å². The highest BCUT2D eigenvalue weighted by Gasteiger charge is 2.23. The molecule has 1 unspecified atom stereocenters. The summed E-state index contributed by atoms with van der Waals surface area (Å²) in [6.07, 6.45) is 3.01. The Morgan fingerprint density at radius 3 is 2.83 bits per heavy atom. The van der Waals surface area contributed by atoms with E-state index in [0.29, 0.717) is 25.4 Å². The average molecular weight is 397 g/mol. The summed E-state index contributed by atoms with van der Waals surface area (Å²) >= 11 is 3.51. The van der Waals surface area contributed by atoms with Crippen molar-refractivity contribution in [3.8, 4) is 0 Å². The second-order valence-electron chi connectivity index (χ2n) is 6.52. The molecule has 5 nitrogen and oxygen atoms in total. The van der Waals surface area contributed by atoms with Crippen LogP contribution in [0.15, 0.2) is 28.7 Å². The molecule has 1 aromatic rings. The zero-order valence-electron chi connectivity index (χ0n) is 14.1. The van der Waals surface area contributed by atoms with Gasteiger partial charge in [-0.1, -0.05) is 34.1 Å². The van der Waals surface area contributed by atoms with E-state index in [1.807, 2.05) is 31.3 Å². The number of benzene rings is 1. The van der Waals surface area contributed by atoms with E-state index in [0.717, 1.165) is 36.0 Å². The van der Waals surface area contributed by atoms with Gasteiger partial charge in [-0.25, -0.2) is 0 Å². The molecule has 0 spiro atoms. The standard InChI is InChI=1S/C18H25BrN2O3/c1-20(12-15-6-2-3-7-16(15)19)17(22)13-21-10-4-5-14(11-21)8-9-18(23)24/h2-3,6-7,14H,4-5,8-13H2,1H3,(H,23,24). The van der Waals surface area contributed by atoms with Gasteiger partial charge in [0.05, 0.1) is 6.54 Å². The minimum absolute atomic E-state index is 0.102. The van der Waals surface area contributed by atoms with Gasteiger partial charge in [-0.05, 0) is 43.4 Å². The van der Waals surface area contributed by atoms with Crippen molar-refractivity contribution >= 4 is 27.8 Å². The number of carboxylic acids is 1. The third kappa shape index (κ3) is 5.91. The Balaban J connectivity index is 1.82. The summed E-state index contributed by atoms with van der Waals surface area (Å²) in [5, 5.41) is 8.81. The van der Waals surface area contributed by atoms with E-state index in [4.69, 9.17) is 5.11 Å². The predicted molar refractivity (Wildman–Crippen MR) is 96.6 cm³/mol. The van der Waals surface area contributed by atoms with E-state index >= 15 is 0 Å². The van der Waals surface area contributed by atoms with Crippen LogP contribution in [0, 0.1) is 5.92 Å². The number of halogens is 1. The smallest absolute Gasteiger partial charge is 0.303 e. The van der Waals surface area contributed by atoms with Crippen molar-refractivity contribution in [2.75, 3.05) is 26.7 Å². The Bertz CT molecular complexity index is 579. The highest BCUT2D eigenvalue weighted by atomic mass is 79.9. The highest BCUT2D eigenvalue weighted by molar-refractivity contribution is 9.10. The lowest BCUT2D eigenvalue weighted by Gasteiger charge is -2.33. The van der Waals surface area contributed by atoms with Crippen LogP contribution in [-0.4, -0.2) is 53.5 Å². The van der Waals surface area contributed by atoms with E-state index in [2.05, 4.69) is 20.8 Å². The predicted octanol–water partition coefficient (Wildman–Crippen LogP) is 2.98. The third-order valence-corrected chi connectivity index (χ3v) is 5.29. The van der Waals surface area contributed by atoms with Crippen LogP contribution >= 0.6 is 15.9 Å². The molecule has 0 saturated carbocycles. The Morgan fingerprint density at radius 2 is 2.12 bits per heavy atom. The Hall–Kier alpha value is -1.40. The largest absolute Gasteiger partial charge is 0.481 e.